The molecule has 1 atom stereocenters. The van der Waals surface area contributed by atoms with Crippen molar-refractivity contribution < 1.29 is 4.79 Å². The van der Waals surface area contributed by atoms with Crippen LogP contribution in [-0.4, -0.2) is 36.6 Å². The van der Waals surface area contributed by atoms with Gasteiger partial charge in [-0.15, -0.1) is 0 Å². The van der Waals surface area contributed by atoms with Crippen molar-refractivity contribution in [1.29, 1.82) is 0 Å². The Balaban J connectivity index is 2.24. The third-order valence-electron chi connectivity index (χ3n) is 3.81. The average molecular weight is 262 g/mol. The lowest BCUT2D eigenvalue weighted by Gasteiger charge is -2.42. The highest BCUT2D eigenvalue weighted by molar-refractivity contribution is 5.90. The first-order valence-electron chi connectivity index (χ1n) is 6.66. The van der Waals surface area contributed by atoms with Crippen LogP contribution in [0.25, 0.3) is 0 Å². The molecule has 1 aromatic heterocycles. The second-order valence-electron chi connectivity index (χ2n) is 5.42. The van der Waals surface area contributed by atoms with E-state index in [-0.39, 0.29) is 11.9 Å². The Kier molecular flexibility index (Phi) is 3.75. The van der Waals surface area contributed by atoms with Gasteiger partial charge in [-0.3, -0.25) is 9.78 Å². The summed E-state index contributed by atoms with van der Waals surface area (Å²) < 4.78 is 0. The predicted octanol–water partition coefficient (Wildman–Crippen LogP) is 1.08. The summed E-state index contributed by atoms with van der Waals surface area (Å²) >= 11 is 0. The number of carbonyl (C=O) groups excluding carboxylic acids is 1. The highest BCUT2D eigenvalue weighted by atomic mass is 16.2. The molecule has 5 nitrogen and oxygen atoms in total. The average Bonchev–Trinajstić information content (AvgIpc) is 2.41. The van der Waals surface area contributed by atoms with Crippen LogP contribution < -0.4 is 15.5 Å². The molecule has 0 radical (unpaired) electrons. The summed E-state index contributed by atoms with van der Waals surface area (Å²) in [5.74, 6) is 0.0615. The first-order chi connectivity index (χ1) is 8.96. The molecule has 1 amide bonds. The number of piperazine rings is 1. The summed E-state index contributed by atoms with van der Waals surface area (Å²) in [6, 6.07) is 4.28. The molecule has 0 aliphatic carbocycles. The SMILES string of the molecule is CNC(C)c1ccc(N2CCNC(=O)C2(C)C)cn1. The van der Waals surface area contributed by atoms with Crippen LogP contribution in [0.1, 0.15) is 32.5 Å². The molecular formula is C14H22N4O. The van der Waals surface area contributed by atoms with Crippen molar-refractivity contribution in [2.45, 2.75) is 32.4 Å². The summed E-state index contributed by atoms with van der Waals surface area (Å²) in [4.78, 5) is 18.5. The molecule has 0 bridgehead atoms. The molecule has 1 fully saturated rings. The van der Waals surface area contributed by atoms with E-state index in [2.05, 4.69) is 27.4 Å². The number of hydrogen-bond donors (Lipinski definition) is 2. The van der Waals surface area contributed by atoms with Crippen molar-refractivity contribution in [2.75, 3.05) is 25.0 Å². The number of hydrogen-bond acceptors (Lipinski definition) is 4. The normalized spacial score (nSPS) is 20.0. The minimum Gasteiger partial charge on any atom is -0.354 e. The van der Waals surface area contributed by atoms with Crippen molar-refractivity contribution in [2.24, 2.45) is 0 Å². The van der Waals surface area contributed by atoms with Crippen molar-refractivity contribution in [3.63, 3.8) is 0 Å². The minimum absolute atomic E-state index is 0.0615. The Morgan fingerprint density at radius 2 is 2.21 bits per heavy atom. The fourth-order valence-electron chi connectivity index (χ4n) is 2.31. The number of pyridine rings is 1. The van der Waals surface area contributed by atoms with E-state index in [4.69, 9.17) is 0 Å². The van der Waals surface area contributed by atoms with Gasteiger partial charge in [-0.2, -0.15) is 0 Å². The molecule has 1 aromatic rings. The van der Waals surface area contributed by atoms with Crippen molar-refractivity contribution in [3.8, 4) is 0 Å². The molecule has 0 aromatic carbocycles. The van der Waals surface area contributed by atoms with E-state index in [0.717, 1.165) is 17.9 Å². The zero-order chi connectivity index (χ0) is 14.0. The Morgan fingerprint density at radius 1 is 1.47 bits per heavy atom. The van der Waals surface area contributed by atoms with Gasteiger partial charge in [-0.05, 0) is 40.0 Å². The maximum atomic E-state index is 11.9. The molecular weight excluding hydrogens is 240 g/mol. The van der Waals surface area contributed by atoms with E-state index in [1.165, 1.54) is 0 Å². The highest BCUT2D eigenvalue weighted by Gasteiger charge is 2.37. The molecule has 1 saturated heterocycles. The summed E-state index contributed by atoms with van der Waals surface area (Å²) in [5.41, 5.74) is 1.47. The lowest BCUT2D eigenvalue weighted by atomic mass is 9.98. The summed E-state index contributed by atoms with van der Waals surface area (Å²) in [7, 11) is 1.92. The van der Waals surface area contributed by atoms with Crippen LogP contribution >= 0.6 is 0 Å². The molecule has 1 unspecified atom stereocenters. The van der Waals surface area contributed by atoms with Crippen molar-refractivity contribution in [3.05, 3.63) is 24.0 Å². The van der Waals surface area contributed by atoms with E-state index in [9.17, 15) is 4.79 Å². The Bertz CT molecular complexity index is 455. The third kappa shape index (κ3) is 2.56. The Labute approximate surface area is 114 Å². The lowest BCUT2D eigenvalue weighted by Crippen LogP contribution is -2.62. The standard InChI is InChI=1S/C14H22N4O/c1-10(15-4)12-6-5-11(9-17-12)18-8-7-16-13(19)14(18,2)3/h5-6,9-10,15H,7-8H2,1-4H3,(H,16,19). The molecule has 2 heterocycles. The van der Waals surface area contributed by atoms with Gasteiger partial charge in [-0.25, -0.2) is 0 Å². The van der Waals surface area contributed by atoms with Gasteiger partial charge in [0.2, 0.25) is 5.91 Å². The fourth-order valence-corrected chi connectivity index (χ4v) is 2.31. The van der Waals surface area contributed by atoms with E-state index >= 15 is 0 Å². The van der Waals surface area contributed by atoms with Gasteiger partial charge in [0, 0.05) is 19.1 Å². The number of nitrogens with one attached hydrogen (secondary N) is 2. The third-order valence-corrected chi connectivity index (χ3v) is 3.81. The number of anilines is 1. The van der Waals surface area contributed by atoms with Crippen LogP contribution in [0.5, 0.6) is 0 Å². The Morgan fingerprint density at radius 3 is 2.79 bits per heavy atom. The van der Waals surface area contributed by atoms with E-state index < -0.39 is 5.54 Å². The largest absolute Gasteiger partial charge is 0.354 e. The summed E-state index contributed by atoms with van der Waals surface area (Å²) in [6.45, 7) is 7.43. The van der Waals surface area contributed by atoms with Gasteiger partial charge in [0.05, 0.1) is 17.6 Å². The molecule has 0 spiro atoms. The molecule has 1 aliphatic rings. The number of carbonyl (C=O) groups is 1. The van der Waals surface area contributed by atoms with Crippen LogP contribution in [0.2, 0.25) is 0 Å². The number of aromatic nitrogens is 1. The zero-order valence-electron chi connectivity index (χ0n) is 12.0. The monoisotopic (exact) mass is 262 g/mol. The van der Waals surface area contributed by atoms with Crippen LogP contribution in [0, 0.1) is 0 Å². The number of amides is 1. The predicted molar refractivity (Wildman–Crippen MR) is 76.1 cm³/mol. The minimum atomic E-state index is -0.532. The van der Waals surface area contributed by atoms with Gasteiger partial charge in [-0.1, -0.05) is 0 Å². The fraction of sp³-hybridized carbons (Fsp3) is 0.571. The van der Waals surface area contributed by atoms with Crippen molar-refractivity contribution >= 4 is 11.6 Å². The first kappa shape index (κ1) is 13.8. The Hall–Kier alpha value is -1.62. The number of rotatable bonds is 3. The molecule has 2 N–H and O–H groups in total. The number of nitrogens with zero attached hydrogens (tertiary/aromatic N) is 2. The summed E-state index contributed by atoms with van der Waals surface area (Å²) in [5, 5.41) is 6.06. The topological polar surface area (TPSA) is 57.3 Å². The molecule has 0 saturated carbocycles. The molecule has 104 valence electrons. The lowest BCUT2D eigenvalue weighted by molar-refractivity contribution is -0.126. The maximum Gasteiger partial charge on any atom is 0.245 e. The van der Waals surface area contributed by atoms with Crippen LogP contribution in [-0.2, 0) is 4.79 Å². The molecule has 5 heteroatoms. The first-order valence-corrected chi connectivity index (χ1v) is 6.66. The van der Waals surface area contributed by atoms with Gasteiger partial charge in [0.15, 0.2) is 0 Å². The summed E-state index contributed by atoms with van der Waals surface area (Å²) in [6.07, 6.45) is 1.85. The van der Waals surface area contributed by atoms with Gasteiger partial charge < -0.3 is 15.5 Å². The van der Waals surface area contributed by atoms with Crippen LogP contribution in [0.3, 0.4) is 0 Å². The van der Waals surface area contributed by atoms with Gasteiger partial charge >= 0.3 is 0 Å². The van der Waals surface area contributed by atoms with Gasteiger partial charge in [0.25, 0.3) is 0 Å². The zero-order valence-corrected chi connectivity index (χ0v) is 12.0. The van der Waals surface area contributed by atoms with Gasteiger partial charge in [0.1, 0.15) is 5.54 Å². The maximum absolute atomic E-state index is 11.9. The van der Waals surface area contributed by atoms with E-state index in [1.54, 1.807) is 0 Å². The highest BCUT2D eigenvalue weighted by Crippen LogP contribution is 2.26. The molecule has 1 aliphatic heterocycles. The van der Waals surface area contributed by atoms with E-state index in [0.29, 0.717) is 6.54 Å². The molecule has 19 heavy (non-hydrogen) atoms. The van der Waals surface area contributed by atoms with Crippen molar-refractivity contribution in [1.82, 2.24) is 15.6 Å². The van der Waals surface area contributed by atoms with Crippen LogP contribution in [0.4, 0.5) is 5.69 Å². The van der Waals surface area contributed by atoms with E-state index in [1.807, 2.05) is 39.2 Å². The smallest absolute Gasteiger partial charge is 0.245 e. The second-order valence-corrected chi connectivity index (χ2v) is 5.42. The second kappa shape index (κ2) is 5.17. The quantitative estimate of drug-likeness (QED) is 0.856. The molecule has 2 rings (SSSR count). The van der Waals surface area contributed by atoms with Crippen LogP contribution in [0.15, 0.2) is 18.3 Å².